The molecule has 0 aliphatic carbocycles. The first-order valence-corrected chi connectivity index (χ1v) is 6.96. The van der Waals surface area contributed by atoms with Crippen LogP contribution in [0.3, 0.4) is 0 Å². The zero-order valence-corrected chi connectivity index (χ0v) is 12.4. The molecule has 0 heterocycles. The van der Waals surface area contributed by atoms with E-state index >= 15 is 0 Å². The van der Waals surface area contributed by atoms with Crippen LogP contribution in [0.2, 0.25) is 0 Å². The molecule has 1 aromatic carbocycles. The Morgan fingerprint density at radius 2 is 2.00 bits per heavy atom. The largest absolute Gasteiger partial charge is 0.508 e. The Hall–Kier alpha value is -1.95. The Morgan fingerprint density at radius 1 is 1.33 bits per heavy atom. The lowest BCUT2D eigenvalue weighted by Gasteiger charge is -2.18. The van der Waals surface area contributed by atoms with E-state index in [0.29, 0.717) is 24.8 Å². The number of carbonyl (C=O) groups is 1. The Kier molecular flexibility index (Phi) is 6.30. The highest BCUT2D eigenvalue weighted by Crippen LogP contribution is 2.34. The summed E-state index contributed by atoms with van der Waals surface area (Å²) in [5.74, 6) is -0.918. The number of phenols is 3. The zero-order chi connectivity index (χ0) is 16.0. The molecule has 0 aliphatic heterocycles. The van der Waals surface area contributed by atoms with E-state index in [-0.39, 0.29) is 23.2 Å². The molecular formula is C15H23NO5. The van der Waals surface area contributed by atoms with Gasteiger partial charge in [0, 0.05) is 11.6 Å². The summed E-state index contributed by atoms with van der Waals surface area (Å²) in [7, 11) is 1.30. The van der Waals surface area contributed by atoms with Crippen LogP contribution in [0, 0.1) is 5.92 Å². The Bertz CT molecular complexity index is 489. The van der Waals surface area contributed by atoms with Gasteiger partial charge in [-0.3, -0.25) is 4.79 Å². The van der Waals surface area contributed by atoms with Gasteiger partial charge in [0.05, 0.1) is 7.11 Å². The molecule has 1 rings (SSSR count). The van der Waals surface area contributed by atoms with Crippen LogP contribution < -0.4 is 5.73 Å². The van der Waals surface area contributed by atoms with Crippen molar-refractivity contribution in [3.8, 4) is 17.2 Å². The van der Waals surface area contributed by atoms with Crippen LogP contribution in [0.25, 0.3) is 0 Å². The first-order chi connectivity index (χ1) is 9.88. The molecule has 118 valence electrons. The number of rotatable bonds is 7. The third-order valence-corrected chi connectivity index (χ3v) is 3.64. The molecule has 6 nitrogen and oxygen atoms in total. The van der Waals surface area contributed by atoms with Gasteiger partial charge in [0.25, 0.3) is 0 Å². The van der Waals surface area contributed by atoms with E-state index in [9.17, 15) is 20.1 Å². The summed E-state index contributed by atoms with van der Waals surface area (Å²) in [4.78, 5) is 11.3. The Balaban J connectivity index is 2.65. The minimum absolute atomic E-state index is 0.0976. The molecule has 0 amide bonds. The van der Waals surface area contributed by atoms with Crippen molar-refractivity contribution in [3.05, 3.63) is 17.7 Å². The smallest absolute Gasteiger partial charge is 0.322 e. The van der Waals surface area contributed by atoms with Crippen LogP contribution in [0.4, 0.5) is 0 Å². The number of hydrogen-bond acceptors (Lipinski definition) is 6. The van der Waals surface area contributed by atoms with E-state index in [1.807, 2.05) is 6.92 Å². The summed E-state index contributed by atoms with van der Waals surface area (Å²) in [5.41, 5.74) is 6.22. The van der Waals surface area contributed by atoms with E-state index in [1.165, 1.54) is 13.2 Å². The third kappa shape index (κ3) is 4.82. The second-order valence-corrected chi connectivity index (χ2v) is 5.15. The molecule has 0 fully saturated rings. The molecule has 0 spiro atoms. The number of ether oxygens (including phenoxy) is 1. The van der Waals surface area contributed by atoms with Crippen molar-refractivity contribution in [1.82, 2.24) is 0 Å². The highest BCUT2D eigenvalue weighted by Gasteiger charge is 2.19. The molecule has 6 heteroatoms. The van der Waals surface area contributed by atoms with E-state index < -0.39 is 12.0 Å². The molecular weight excluding hydrogens is 274 g/mol. The Labute approximate surface area is 124 Å². The summed E-state index contributed by atoms with van der Waals surface area (Å²) in [6.07, 6.45) is 2.48. The molecule has 0 bridgehead atoms. The van der Waals surface area contributed by atoms with Gasteiger partial charge >= 0.3 is 5.97 Å². The predicted molar refractivity (Wildman–Crippen MR) is 78.1 cm³/mol. The van der Waals surface area contributed by atoms with Gasteiger partial charge in [-0.15, -0.1) is 0 Å². The van der Waals surface area contributed by atoms with Crippen LogP contribution in [-0.2, 0) is 16.0 Å². The van der Waals surface area contributed by atoms with Gasteiger partial charge in [-0.2, -0.15) is 0 Å². The average molecular weight is 297 g/mol. The first kappa shape index (κ1) is 17.1. The van der Waals surface area contributed by atoms with Crippen molar-refractivity contribution in [2.45, 2.75) is 38.6 Å². The minimum atomic E-state index is -0.661. The highest BCUT2D eigenvalue weighted by molar-refractivity contribution is 5.75. The second kappa shape index (κ2) is 7.73. The number of phenolic OH excluding ortho intramolecular Hbond substituents is 3. The zero-order valence-electron chi connectivity index (χ0n) is 12.4. The standard InChI is InChI=1S/C15H23NO5/c1-3-9(6-12(16)15(20)21-2)4-5-10-7-11(17)8-13(18)14(10)19/h7-9,12,17-19H,3-6,16H2,1-2H3. The molecule has 0 aromatic heterocycles. The second-order valence-electron chi connectivity index (χ2n) is 5.15. The van der Waals surface area contributed by atoms with Crippen molar-refractivity contribution in [1.29, 1.82) is 0 Å². The maximum atomic E-state index is 11.3. The fourth-order valence-corrected chi connectivity index (χ4v) is 2.31. The van der Waals surface area contributed by atoms with Gasteiger partial charge in [0.15, 0.2) is 11.5 Å². The van der Waals surface area contributed by atoms with Crippen LogP contribution in [0.1, 0.15) is 31.7 Å². The third-order valence-electron chi connectivity index (χ3n) is 3.64. The quantitative estimate of drug-likeness (QED) is 0.346. The molecule has 21 heavy (non-hydrogen) atoms. The van der Waals surface area contributed by atoms with E-state index in [2.05, 4.69) is 4.74 Å². The summed E-state index contributed by atoms with van der Waals surface area (Å²) in [6.45, 7) is 1.99. The molecule has 2 atom stereocenters. The molecule has 1 aromatic rings. The summed E-state index contributed by atoms with van der Waals surface area (Å²) in [5, 5.41) is 28.7. The monoisotopic (exact) mass is 297 g/mol. The van der Waals surface area contributed by atoms with Gasteiger partial charge < -0.3 is 25.8 Å². The van der Waals surface area contributed by atoms with Crippen LogP contribution in [0.5, 0.6) is 17.2 Å². The van der Waals surface area contributed by atoms with E-state index in [4.69, 9.17) is 5.73 Å². The van der Waals surface area contributed by atoms with Crippen molar-refractivity contribution in [3.63, 3.8) is 0 Å². The van der Waals surface area contributed by atoms with Gasteiger partial charge in [0.1, 0.15) is 11.8 Å². The number of aryl methyl sites for hydroxylation is 1. The number of aromatic hydroxyl groups is 3. The van der Waals surface area contributed by atoms with Gasteiger partial charge in [-0.1, -0.05) is 13.3 Å². The van der Waals surface area contributed by atoms with Crippen molar-refractivity contribution in [2.75, 3.05) is 7.11 Å². The molecule has 2 unspecified atom stereocenters. The fraction of sp³-hybridized carbons (Fsp3) is 0.533. The summed E-state index contributed by atoms with van der Waals surface area (Å²) >= 11 is 0. The van der Waals surface area contributed by atoms with Crippen molar-refractivity contribution in [2.24, 2.45) is 11.7 Å². The maximum absolute atomic E-state index is 11.3. The minimum Gasteiger partial charge on any atom is -0.508 e. The van der Waals surface area contributed by atoms with Crippen LogP contribution >= 0.6 is 0 Å². The number of nitrogens with two attached hydrogens (primary N) is 1. The lowest BCUT2D eigenvalue weighted by molar-refractivity contribution is -0.142. The lowest BCUT2D eigenvalue weighted by atomic mass is 9.91. The van der Waals surface area contributed by atoms with Gasteiger partial charge in [-0.05, 0) is 31.2 Å². The van der Waals surface area contributed by atoms with Crippen molar-refractivity contribution >= 4 is 5.97 Å². The molecule has 5 N–H and O–H groups in total. The molecule has 0 aliphatic rings. The lowest BCUT2D eigenvalue weighted by Crippen LogP contribution is -2.33. The van der Waals surface area contributed by atoms with E-state index in [1.54, 1.807) is 0 Å². The topological polar surface area (TPSA) is 113 Å². The van der Waals surface area contributed by atoms with Crippen molar-refractivity contribution < 1.29 is 24.9 Å². The predicted octanol–water partition coefficient (Wildman–Crippen LogP) is 1.65. The molecule has 0 saturated heterocycles. The molecule has 0 radical (unpaired) electrons. The summed E-state index contributed by atoms with van der Waals surface area (Å²) in [6, 6.07) is 1.84. The van der Waals surface area contributed by atoms with Crippen LogP contribution in [0.15, 0.2) is 12.1 Å². The first-order valence-electron chi connectivity index (χ1n) is 6.96. The number of carbonyl (C=O) groups excluding carboxylic acids is 1. The number of esters is 1. The number of hydrogen-bond donors (Lipinski definition) is 4. The molecule has 0 saturated carbocycles. The van der Waals surface area contributed by atoms with E-state index in [0.717, 1.165) is 12.5 Å². The van der Waals surface area contributed by atoms with Gasteiger partial charge in [0.2, 0.25) is 0 Å². The number of benzene rings is 1. The fourth-order valence-electron chi connectivity index (χ4n) is 2.31. The number of methoxy groups -OCH3 is 1. The normalized spacial score (nSPS) is 13.7. The highest BCUT2D eigenvalue weighted by atomic mass is 16.5. The summed E-state index contributed by atoms with van der Waals surface area (Å²) < 4.78 is 4.60. The van der Waals surface area contributed by atoms with Gasteiger partial charge in [-0.25, -0.2) is 0 Å². The Morgan fingerprint density at radius 3 is 2.57 bits per heavy atom. The SMILES string of the molecule is CCC(CCc1cc(O)cc(O)c1O)CC(N)C(=O)OC. The maximum Gasteiger partial charge on any atom is 0.322 e. The average Bonchev–Trinajstić information content (AvgIpc) is 2.46. The van der Waals surface area contributed by atoms with Crippen LogP contribution in [-0.4, -0.2) is 34.4 Å².